The van der Waals surface area contributed by atoms with E-state index in [1.165, 1.54) is 12.1 Å². The minimum absolute atomic E-state index is 0.0127. The third-order valence-electron chi connectivity index (χ3n) is 6.74. The van der Waals surface area contributed by atoms with E-state index in [1.807, 2.05) is 31.9 Å². The Morgan fingerprint density at radius 3 is 2.53 bits per heavy atom. The number of carbonyl (C=O) groups is 2. The maximum atomic E-state index is 13.8. The Labute approximate surface area is 211 Å². The molecule has 1 aromatic heterocycles. The van der Waals surface area contributed by atoms with Crippen molar-refractivity contribution in [2.24, 2.45) is 11.3 Å². The van der Waals surface area contributed by atoms with E-state index in [9.17, 15) is 14.0 Å². The van der Waals surface area contributed by atoms with Crippen molar-refractivity contribution in [1.82, 2.24) is 30.5 Å². The summed E-state index contributed by atoms with van der Waals surface area (Å²) in [5.74, 6) is -0.263. The van der Waals surface area contributed by atoms with E-state index in [-0.39, 0.29) is 29.7 Å². The zero-order chi connectivity index (χ0) is 26.3. The summed E-state index contributed by atoms with van der Waals surface area (Å²) in [5.41, 5.74) is 0.318. The zero-order valence-electron chi connectivity index (χ0n) is 21.9. The quantitative estimate of drug-likeness (QED) is 0.654. The first-order valence-corrected chi connectivity index (χ1v) is 12.5. The highest BCUT2D eigenvalue weighted by Gasteiger charge is 2.49. The summed E-state index contributed by atoms with van der Waals surface area (Å²) in [6, 6.07) is 5.63. The SMILES string of the molecule is CC(C)(C)OC(=O)N[C@H](C(=O)N1CC[C@H]2NC[C@H](Cn3cc(-c4ccc(F)cc4)nn3)[C@H]21)C(C)(C)C. The lowest BCUT2D eigenvalue weighted by atomic mass is 9.85. The molecule has 0 unspecified atom stereocenters. The van der Waals surface area contributed by atoms with Crippen LogP contribution < -0.4 is 10.6 Å². The van der Waals surface area contributed by atoms with Crippen LogP contribution in [0.15, 0.2) is 30.5 Å². The van der Waals surface area contributed by atoms with Gasteiger partial charge in [-0.05, 0) is 56.9 Å². The highest BCUT2D eigenvalue weighted by molar-refractivity contribution is 5.87. The number of amides is 2. The fourth-order valence-electron chi connectivity index (χ4n) is 5.09. The van der Waals surface area contributed by atoms with Crippen LogP contribution >= 0.6 is 0 Å². The maximum absolute atomic E-state index is 13.8. The second kappa shape index (κ2) is 9.80. The third kappa shape index (κ3) is 5.86. The predicted octanol–water partition coefficient (Wildman–Crippen LogP) is 3.21. The van der Waals surface area contributed by atoms with Gasteiger partial charge in [0.1, 0.15) is 23.2 Å². The average Bonchev–Trinajstić information content (AvgIpc) is 3.48. The number of rotatable bonds is 5. The molecule has 0 spiro atoms. The van der Waals surface area contributed by atoms with Gasteiger partial charge in [0.05, 0.1) is 12.2 Å². The minimum Gasteiger partial charge on any atom is -0.444 e. The summed E-state index contributed by atoms with van der Waals surface area (Å²) in [6.07, 6.45) is 2.11. The molecule has 2 N–H and O–H groups in total. The van der Waals surface area contributed by atoms with E-state index in [0.717, 1.165) is 18.5 Å². The molecule has 36 heavy (non-hydrogen) atoms. The Balaban J connectivity index is 1.48. The average molecular weight is 501 g/mol. The van der Waals surface area contributed by atoms with Crippen LogP contribution in [0.1, 0.15) is 48.0 Å². The van der Waals surface area contributed by atoms with Crippen LogP contribution in [0.2, 0.25) is 0 Å². The molecule has 196 valence electrons. The third-order valence-corrected chi connectivity index (χ3v) is 6.74. The smallest absolute Gasteiger partial charge is 0.408 e. The summed E-state index contributed by atoms with van der Waals surface area (Å²) in [6.45, 7) is 13.2. The molecule has 0 aliphatic carbocycles. The molecule has 2 saturated heterocycles. The monoisotopic (exact) mass is 500 g/mol. The van der Waals surface area contributed by atoms with Gasteiger partial charge in [-0.3, -0.25) is 9.48 Å². The summed E-state index contributed by atoms with van der Waals surface area (Å²) >= 11 is 0. The van der Waals surface area contributed by atoms with Crippen molar-refractivity contribution in [3.63, 3.8) is 0 Å². The van der Waals surface area contributed by atoms with Gasteiger partial charge in [0, 0.05) is 37.2 Å². The first kappa shape index (κ1) is 26.1. The van der Waals surface area contributed by atoms with Crippen LogP contribution in [0, 0.1) is 17.2 Å². The molecule has 4 rings (SSSR count). The van der Waals surface area contributed by atoms with Gasteiger partial charge in [-0.15, -0.1) is 5.10 Å². The number of hydrogen-bond acceptors (Lipinski definition) is 6. The maximum Gasteiger partial charge on any atom is 0.408 e. The van der Waals surface area contributed by atoms with E-state index < -0.39 is 23.2 Å². The fourth-order valence-corrected chi connectivity index (χ4v) is 5.09. The van der Waals surface area contributed by atoms with Crippen LogP contribution in [-0.2, 0) is 16.1 Å². The topological polar surface area (TPSA) is 101 Å². The summed E-state index contributed by atoms with van der Waals surface area (Å²) in [4.78, 5) is 28.3. The normalized spacial score (nSPS) is 22.9. The molecule has 0 saturated carbocycles. The molecule has 2 amide bonds. The fraction of sp³-hybridized carbons (Fsp3) is 0.615. The van der Waals surface area contributed by atoms with E-state index in [1.54, 1.807) is 37.6 Å². The van der Waals surface area contributed by atoms with Gasteiger partial charge in [0.15, 0.2) is 0 Å². The van der Waals surface area contributed by atoms with Gasteiger partial charge in [-0.2, -0.15) is 0 Å². The Morgan fingerprint density at radius 2 is 1.89 bits per heavy atom. The number of ether oxygens (including phenoxy) is 1. The molecule has 4 atom stereocenters. The van der Waals surface area contributed by atoms with Gasteiger partial charge in [0.2, 0.25) is 5.91 Å². The molecule has 2 aromatic rings. The predicted molar refractivity (Wildman–Crippen MR) is 133 cm³/mol. The number of fused-ring (bicyclic) bond motifs is 1. The summed E-state index contributed by atoms with van der Waals surface area (Å²) in [7, 11) is 0. The van der Waals surface area contributed by atoms with Crippen molar-refractivity contribution in [2.75, 3.05) is 13.1 Å². The van der Waals surface area contributed by atoms with Crippen molar-refractivity contribution in [3.05, 3.63) is 36.3 Å². The zero-order valence-corrected chi connectivity index (χ0v) is 21.9. The van der Waals surface area contributed by atoms with Crippen molar-refractivity contribution < 1.29 is 18.7 Å². The Hall–Kier alpha value is -3.01. The molecule has 2 fully saturated rings. The van der Waals surface area contributed by atoms with E-state index in [2.05, 4.69) is 20.9 Å². The van der Waals surface area contributed by atoms with E-state index in [4.69, 9.17) is 4.74 Å². The first-order valence-electron chi connectivity index (χ1n) is 12.5. The number of benzene rings is 1. The van der Waals surface area contributed by atoms with Crippen molar-refractivity contribution in [2.45, 2.75) is 78.2 Å². The molecule has 1 aromatic carbocycles. The molecule has 2 aliphatic heterocycles. The number of nitrogens with one attached hydrogen (secondary N) is 2. The van der Waals surface area contributed by atoms with Crippen LogP contribution in [0.25, 0.3) is 11.3 Å². The minimum atomic E-state index is -0.719. The second-order valence-electron chi connectivity index (χ2n) is 11.9. The lowest BCUT2D eigenvalue weighted by Gasteiger charge is -2.37. The molecule has 0 bridgehead atoms. The van der Waals surface area contributed by atoms with E-state index in [0.29, 0.717) is 18.8 Å². The Bertz CT molecular complexity index is 1090. The van der Waals surface area contributed by atoms with Gasteiger partial charge >= 0.3 is 6.09 Å². The molecule has 9 nitrogen and oxygen atoms in total. The van der Waals surface area contributed by atoms with Gasteiger partial charge in [0.25, 0.3) is 0 Å². The molecule has 3 heterocycles. The summed E-state index contributed by atoms with van der Waals surface area (Å²) in [5, 5.41) is 14.9. The van der Waals surface area contributed by atoms with Crippen molar-refractivity contribution >= 4 is 12.0 Å². The number of aromatic nitrogens is 3. The Morgan fingerprint density at radius 1 is 1.19 bits per heavy atom. The molecular formula is C26H37FN6O3. The first-order chi connectivity index (χ1) is 16.8. The molecule has 0 radical (unpaired) electrons. The van der Waals surface area contributed by atoms with Crippen molar-refractivity contribution in [1.29, 1.82) is 0 Å². The van der Waals surface area contributed by atoms with Gasteiger partial charge in [-0.25, -0.2) is 9.18 Å². The highest BCUT2D eigenvalue weighted by Crippen LogP contribution is 2.33. The van der Waals surface area contributed by atoms with Crippen LogP contribution in [0.4, 0.5) is 9.18 Å². The number of nitrogens with zero attached hydrogens (tertiary/aromatic N) is 4. The number of halogens is 1. The molecular weight excluding hydrogens is 463 g/mol. The van der Waals surface area contributed by atoms with Crippen LogP contribution in [0.3, 0.4) is 0 Å². The number of hydrogen-bond donors (Lipinski definition) is 2. The largest absolute Gasteiger partial charge is 0.444 e. The van der Waals surface area contributed by atoms with E-state index >= 15 is 0 Å². The lowest BCUT2D eigenvalue weighted by Crippen LogP contribution is -2.57. The molecule has 10 heteroatoms. The molecule has 2 aliphatic rings. The number of carbonyl (C=O) groups excluding carboxylic acids is 2. The lowest BCUT2D eigenvalue weighted by molar-refractivity contribution is -0.137. The second-order valence-corrected chi connectivity index (χ2v) is 11.9. The van der Waals surface area contributed by atoms with Gasteiger partial charge in [-0.1, -0.05) is 26.0 Å². The highest BCUT2D eigenvalue weighted by atomic mass is 19.1. The summed E-state index contributed by atoms with van der Waals surface area (Å²) < 4.78 is 20.5. The standard InChI is InChI=1S/C26H37FN6O3/c1-25(2,3)22(29-24(35)36-26(4,5)6)23(34)33-12-11-19-21(33)17(13-28-19)14-32-15-20(30-31-32)16-7-9-18(27)10-8-16/h7-10,15,17,19,21-22,28H,11-14H2,1-6H3,(H,29,35)/t17-,19-,21-,22-/m1/s1. The van der Waals surface area contributed by atoms with Crippen LogP contribution in [0.5, 0.6) is 0 Å². The van der Waals surface area contributed by atoms with Crippen LogP contribution in [-0.4, -0.2) is 68.7 Å². The number of likely N-dealkylation sites (tertiary alicyclic amines) is 1. The Kier molecular flexibility index (Phi) is 7.10. The van der Waals surface area contributed by atoms with Gasteiger partial charge < -0.3 is 20.3 Å². The number of alkyl carbamates (subject to hydrolysis) is 1. The van der Waals surface area contributed by atoms with Crippen molar-refractivity contribution in [3.8, 4) is 11.3 Å².